The first-order valence-corrected chi connectivity index (χ1v) is 12.9. The maximum Gasteiger partial charge on any atom is 0.262 e. The first-order chi connectivity index (χ1) is 17.5. The molecule has 6 nitrogen and oxygen atoms in total. The molecule has 4 rings (SSSR count). The molecule has 0 atom stereocenters. The highest BCUT2D eigenvalue weighted by molar-refractivity contribution is 6.04. The second kappa shape index (κ2) is 12.0. The number of nitrogens with zero attached hydrogens (tertiary/aromatic N) is 4. The molecule has 1 saturated heterocycles. The zero-order chi connectivity index (χ0) is 25.5. The number of likely N-dealkylation sites (tertiary alicyclic amines) is 1. The van der Waals surface area contributed by atoms with E-state index in [1.54, 1.807) is 6.08 Å². The molecular formula is C30H37N5O. The second-order valence-electron chi connectivity index (χ2n) is 10.0. The molecule has 1 aliphatic rings. The van der Waals surface area contributed by atoms with Crippen LogP contribution >= 0.6 is 0 Å². The number of carbonyl (C=O) groups excluding carboxylic acids is 1. The lowest BCUT2D eigenvalue weighted by Gasteiger charge is -2.32. The summed E-state index contributed by atoms with van der Waals surface area (Å²) in [5.41, 5.74) is 4.67. The van der Waals surface area contributed by atoms with Crippen molar-refractivity contribution in [3.8, 4) is 6.07 Å². The van der Waals surface area contributed by atoms with Gasteiger partial charge in [0.25, 0.3) is 5.91 Å². The Balaban J connectivity index is 1.44. The third-order valence-electron chi connectivity index (χ3n) is 7.09. The van der Waals surface area contributed by atoms with Crippen LogP contribution in [-0.4, -0.2) is 60.0 Å². The van der Waals surface area contributed by atoms with E-state index in [0.717, 1.165) is 74.1 Å². The number of nitrogens with one attached hydrogen (secondary N) is 1. The van der Waals surface area contributed by atoms with Gasteiger partial charge in [-0.15, -0.1) is 0 Å². The average molecular weight is 484 g/mol. The Morgan fingerprint density at radius 1 is 1.11 bits per heavy atom. The Bertz CT molecular complexity index is 1240. The molecule has 0 spiro atoms. The molecule has 0 saturated carbocycles. The lowest BCUT2D eigenvalue weighted by molar-refractivity contribution is -0.118. The number of benzene rings is 2. The molecule has 1 aliphatic heterocycles. The average Bonchev–Trinajstić information content (AvgIpc) is 3.14. The van der Waals surface area contributed by atoms with Gasteiger partial charge in [0, 0.05) is 54.4 Å². The predicted octanol–water partition coefficient (Wildman–Crippen LogP) is 4.59. The summed E-state index contributed by atoms with van der Waals surface area (Å²) >= 11 is 0. The standard InChI is InChI=1S/C30H37N5O/c1-23-28(27-12-7-8-13-29(27)35(23)17-9-16-33(2)3)20-25(21-31)30(36)32-26-14-18-34(19-15-26)22-24-10-5-4-6-11-24/h4-8,10-13,20,26H,9,14-19,22H2,1-3H3,(H,32,36)/b25-20+. The van der Waals surface area contributed by atoms with Gasteiger partial charge in [-0.05, 0) is 64.5 Å². The van der Waals surface area contributed by atoms with Gasteiger partial charge < -0.3 is 14.8 Å². The summed E-state index contributed by atoms with van der Waals surface area (Å²) in [5, 5.41) is 14.1. The van der Waals surface area contributed by atoms with Crippen molar-refractivity contribution in [3.05, 3.63) is 77.0 Å². The fourth-order valence-electron chi connectivity index (χ4n) is 5.11. The van der Waals surface area contributed by atoms with Crippen molar-refractivity contribution in [2.75, 3.05) is 33.7 Å². The van der Waals surface area contributed by atoms with E-state index < -0.39 is 0 Å². The molecule has 3 aromatic rings. The highest BCUT2D eigenvalue weighted by Gasteiger charge is 2.23. The maximum absolute atomic E-state index is 13.1. The van der Waals surface area contributed by atoms with Crippen molar-refractivity contribution in [3.63, 3.8) is 0 Å². The van der Waals surface area contributed by atoms with Crippen LogP contribution in [-0.2, 0) is 17.9 Å². The number of aryl methyl sites for hydroxylation is 1. The highest BCUT2D eigenvalue weighted by atomic mass is 16.1. The van der Waals surface area contributed by atoms with E-state index in [4.69, 9.17) is 0 Å². The first kappa shape index (κ1) is 25.7. The van der Waals surface area contributed by atoms with E-state index in [2.05, 4.69) is 83.2 Å². The second-order valence-corrected chi connectivity index (χ2v) is 10.0. The van der Waals surface area contributed by atoms with Crippen LogP contribution in [0.25, 0.3) is 17.0 Å². The molecule has 1 fully saturated rings. The number of aromatic nitrogens is 1. The Labute approximate surface area is 214 Å². The Hall–Kier alpha value is -3.40. The van der Waals surface area contributed by atoms with Gasteiger partial charge in [-0.3, -0.25) is 9.69 Å². The molecule has 0 bridgehead atoms. The smallest absolute Gasteiger partial charge is 0.262 e. The molecule has 1 amide bonds. The third-order valence-corrected chi connectivity index (χ3v) is 7.09. The van der Waals surface area contributed by atoms with Gasteiger partial charge in [-0.1, -0.05) is 48.5 Å². The lowest BCUT2D eigenvalue weighted by Crippen LogP contribution is -2.44. The van der Waals surface area contributed by atoms with Gasteiger partial charge in [0.2, 0.25) is 0 Å². The van der Waals surface area contributed by atoms with Crippen LogP contribution in [0.2, 0.25) is 0 Å². The van der Waals surface area contributed by atoms with Gasteiger partial charge in [-0.25, -0.2) is 0 Å². The van der Waals surface area contributed by atoms with Gasteiger partial charge in [0.1, 0.15) is 11.6 Å². The zero-order valence-corrected chi connectivity index (χ0v) is 21.7. The summed E-state index contributed by atoms with van der Waals surface area (Å²) in [6, 6.07) is 21.0. The van der Waals surface area contributed by atoms with Gasteiger partial charge >= 0.3 is 0 Å². The normalized spacial score (nSPS) is 15.4. The predicted molar refractivity (Wildman–Crippen MR) is 146 cm³/mol. The van der Waals surface area contributed by atoms with Crippen molar-refractivity contribution in [1.82, 2.24) is 19.7 Å². The minimum atomic E-state index is -0.275. The van der Waals surface area contributed by atoms with E-state index >= 15 is 0 Å². The molecular weight excluding hydrogens is 446 g/mol. The van der Waals surface area contributed by atoms with Crippen molar-refractivity contribution < 1.29 is 4.79 Å². The first-order valence-electron chi connectivity index (χ1n) is 12.9. The molecule has 2 aromatic carbocycles. The molecule has 188 valence electrons. The maximum atomic E-state index is 13.1. The number of amides is 1. The minimum Gasteiger partial charge on any atom is -0.349 e. The van der Waals surface area contributed by atoms with Crippen molar-refractivity contribution >= 4 is 22.9 Å². The molecule has 1 aromatic heterocycles. The van der Waals surface area contributed by atoms with E-state index in [9.17, 15) is 10.1 Å². The number of nitriles is 1. The minimum absolute atomic E-state index is 0.0924. The number of hydrogen-bond donors (Lipinski definition) is 1. The van der Waals surface area contributed by atoms with Crippen LogP contribution in [0.3, 0.4) is 0 Å². The summed E-state index contributed by atoms with van der Waals surface area (Å²) in [6.45, 7) is 6.79. The van der Waals surface area contributed by atoms with Crippen LogP contribution in [0, 0.1) is 18.3 Å². The number of para-hydroxylation sites is 1. The number of hydrogen-bond acceptors (Lipinski definition) is 4. The molecule has 36 heavy (non-hydrogen) atoms. The Morgan fingerprint density at radius 2 is 1.81 bits per heavy atom. The van der Waals surface area contributed by atoms with Crippen molar-refractivity contribution in [1.29, 1.82) is 5.26 Å². The fourth-order valence-corrected chi connectivity index (χ4v) is 5.11. The van der Waals surface area contributed by atoms with Crippen LogP contribution in [0.4, 0.5) is 0 Å². The summed E-state index contributed by atoms with van der Waals surface area (Å²) in [6.07, 6.45) is 4.59. The summed E-state index contributed by atoms with van der Waals surface area (Å²) in [5.74, 6) is -0.275. The molecule has 0 radical (unpaired) electrons. The van der Waals surface area contributed by atoms with Gasteiger partial charge in [-0.2, -0.15) is 5.26 Å². The van der Waals surface area contributed by atoms with Gasteiger partial charge in [0.15, 0.2) is 0 Å². The van der Waals surface area contributed by atoms with Crippen LogP contribution in [0.1, 0.15) is 36.1 Å². The quantitative estimate of drug-likeness (QED) is 0.357. The topological polar surface area (TPSA) is 64.3 Å². The van der Waals surface area contributed by atoms with E-state index in [1.165, 1.54) is 5.56 Å². The van der Waals surface area contributed by atoms with Crippen molar-refractivity contribution in [2.45, 2.75) is 45.3 Å². The summed E-state index contributed by atoms with van der Waals surface area (Å²) < 4.78 is 2.31. The highest BCUT2D eigenvalue weighted by Crippen LogP contribution is 2.28. The SMILES string of the molecule is Cc1c(/C=C(\C#N)C(=O)NC2CCN(Cc3ccccc3)CC2)c2ccccc2n1CCCN(C)C. The number of carbonyl (C=O) groups is 1. The van der Waals surface area contributed by atoms with E-state index in [-0.39, 0.29) is 17.5 Å². The fraction of sp³-hybridized carbons (Fsp3) is 0.400. The van der Waals surface area contributed by atoms with Gasteiger partial charge in [0.05, 0.1) is 0 Å². The number of fused-ring (bicyclic) bond motifs is 1. The molecule has 0 aliphatic carbocycles. The Morgan fingerprint density at radius 3 is 2.50 bits per heavy atom. The van der Waals surface area contributed by atoms with E-state index in [0.29, 0.717) is 0 Å². The molecule has 0 unspecified atom stereocenters. The zero-order valence-electron chi connectivity index (χ0n) is 21.7. The number of piperidine rings is 1. The van der Waals surface area contributed by atoms with E-state index in [1.807, 2.05) is 18.2 Å². The van der Waals surface area contributed by atoms with Crippen molar-refractivity contribution in [2.24, 2.45) is 0 Å². The molecule has 1 N–H and O–H groups in total. The largest absolute Gasteiger partial charge is 0.349 e. The van der Waals surface area contributed by atoms with Crippen LogP contribution < -0.4 is 5.32 Å². The monoisotopic (exact) mass is 483 g/mol. The third kappa shape index (κ3) is 6.23. The summed E-state index contributed by atoms with van der Waals surface area (Å²) in [4.78, 5) is 17.7. The lowest BCUT2D eigenvalue weighted by atomic mass is 10.0. The molecule has 2 heterocycles. The number of rotatable bonds is 9. The van der Waals surface area contributed by atoms with Crippen LogP contribution in [0.5, 0.6) is 0 Å². The molecule has 6 heteroatoms. The summed E-state index contributed by atoms with van der Waals surface area (Å²) in [7, 11) is 4.17. The van der Waals surface area contributed by atoms with Crippen LogP contribution in [0.15, 0.2) is 60.2 Å². The Kier molecular flexibility index (Phi) is 8.58.